The van der Waals surface area contributed by atoms with Crippen LogP contribution in [0.5, 0.6) is 5.75 Å². The normalized spacial score (nSPS) is 16.0. The third-order valence-electron chi connectivity index (χ3n) is 9.75. The minimum absolute atomic E-state index is 0.132. The fraction of sp³-hybridized carbons (Fsp3) is 0.325. The lowest BCUT2D eigenvalue weighted by Crippen LogP contribution is -2.56. The van der Waals surface area contributed by atoms with Crippen LogP contribution in [-0.4, -0.2) is 65.5 Å². The molecule has 2 aromatic heterocycles. The van der Waals surface area contributed by atoms with Crippen molar-refractivity contribution in [3.05, 3.63) is 124 Å². The summed E-state index contributed by atoms with van der Waals surface area (Å²) < 4.78 is 5.66. The number of anilines is 1. The van der Waals surface area contributed by atoms with Crippen LogP contribution in [0.4, 0.5) is 10.5 Å². The second kappa shape index (κ2) is 15.6. The van der Waals surface area contributed by atoms with Crippen molar-refractivity contribution in [2.45, 2.75) is 44.8 Å². The maximum Gasteiger partial charge on any atom is 0.413 e. The molecule has 2 fully saturated rings. The number of thiophene rings is 1. The van der Waals surface area contributed by atoms with E-state index in [9.17, 15) is 9.59 Å². The molecule has 2 unspecified atom stereocenters. The molecule has 2 amide bonds. The number of hydrogen-bond acceptors (Lipinski definition) is 7. The summed E-state index contributed by atoms with van der Waals surface area (Å²) in [5.41, 5.74) is 5.61. The van der Waals surface area contributed by atoms with E-state index in [1.165, 1.54) is 29.7 Å². The zero-order valence-corrected chi connectivity index (χ0v) is 29.8. The summed E-state index contributed by atoms with van der Waals surface area (Å²) in [7, 11) is 0. The van der Waals surface area contributed by atoms with Gasteiger partial charge in [-0.1, -0.05) is 48.0 Å². The Morgan fingerprint density at radius 3 is 2.54 bits per heavy atom. The summed E-state index contributed by atoms with van der Waals surface area (Å²) >= 11 is 7.89. The van der Waals surface area contributed by atoms with Gasteiger partial charge in [0.05, 0.1) is 5.52 Å². The van der Waals surface area contributed by atoms with Crippen LogP contribution in [-0.2, 0) is 17.8 Å². The monoisotopic (exact) mass is 707 g/mol. The predicted molar refractivity (Wildman–Crippen MR) is 201 cm³/mol. The molecule has 1 N–H and O–H groups in total. The third kappa shape index (κ3) is 8.46. The number of carbonyl (C=O) groups excluding carboxylic acids is 2. The molecule has 3 heterocycles. The van der Waals surface area contributed by atoms with Crippen LogP contribution in [0.3, 0.4) is 0 Å². The molecule has 1 aliphatic heterocycles. The van der Waals surface area contributed by atoms with Crippen LogP contribution in [0.2, 0.25) is 5.02 Å². The number of pyridine rings is 1. The van der Waals surface area contributed by atoms with Gasteiger partial charge in [0.15, 0.2) is 0 Å². The molecular weight excluding hydrogens is 666 g/mol. The smallest absolute Gasteiger partial charge is 0.410 e. The highest BCUT2D eigenvalue weighted by molar-refractivity contribution is 7.07. The summed E-state index contributed by atoms with van der Waals surface area (Å²) in [6.07, 6.45) is 3.99. The quantitative estimate of drug-likeness (QED) is 0.142. The van der Waals surface area contributed by atoms with Crippen LogP contribution < -0.4 is 15.0 Å². The number of para-hydroxylation sites is 1. The number of fused-ring (bicyclic) bond motifs is 1. The van der Waals surface area contributed by atoms with E-state index in [4.69, 9.17) is 16.3 Å². The van der Waals surface area contributed by atoms with Gasteiger partial charge in [0, 0.05) is 74.0 Å². The number of benzene rings is 3. The van der Waals surface area contributed by atoms with Gasteiger partial charge in [-0.2, -0.15) is 11.3 Å². The molecule has 50 heavy (non-hydrogen) atoms. The van der Waals surface area contributed by atoms with E-state index in [0.717, 1.165) is 35.5 Å². The van der Waals surface area contributed by atoms with E-state index >= 15 is 0 Å². The van der Waals surface area contributed by atoms with Crippen LogP contribution in [0.1, 0.15) is 42.5 Å². The zero-order chi connectivity index (χ0) is 34.5. The number of nitrogens with zero attached hydrogens (tertiary/aromatic N) is 4. The number of carbonyl (C=O) groups is 2. The molecule has 10 heteroatoms. The fourth-order valence-corrected chi connectivity index (χ4v) is 7.56. The first-order valence-corrected chi connectivity index (χ1v) is 18.7. The molecule has 5 aromatic rings. The van der Waals surface area contributed by atoms with Crippen molar-refractivity contribution in [3.8, 4) is 5.75 Å². The lowest BCUT2D eigenvalue weighted by Gasteiger charge is -2.40. The summed E-state index contributed by atoms with van der Waals surface area (Å²) in [6.45, 7) is 6.88. The topological polar surface area (TPSA) is 78.0 Å². The Labute approximate surface area is 302 Å². The van der Waals surface area contributed by atoms with Gasteiger partial charge in [-0.3, -0.25) is 14.7 Å². The molecule has 2 atom stereocenters. The Balaban J connectivity index is 1.03. The van der Waals surface area contributed by atoms with Gasteiger partial charge in [0.25, 0.3) is 0 Å². The molecule has 0 bridgehead atoms. The Kier molecular flexibility index (Phi) is 10.6. The number of aromatic nitrogens is 1. The van der Waals surface area contributed by atoms with E-state index in [1.807, 2.05) is 29.2 Å². The average molecular weight is 708 g/mol. The van der Waals surface area contributed by atoms with Crippen molar-refractivity contribution in [3.63, 3.8) is 0 Å². The SMILES string of the molecule is CC(c1ccccc1N1CCN(C(=O)C(Cc2ccc(Cl)cc2)NC(=O)Oc2ccc3ncccc3c2)CC1)N(Cc1ccsc1)CC1CC1. The molecule has 258 valence electrons. The summed E-state index contributed by atoms with van der Waals surface area (Å²) in [5.74, 6) is 1.04. The van der Waals surface area contributed by atoms with Crippen molar-refractivity contribution in [2.75, 3.05) is 37.6 Å². The standard InChI is InChI=1S/C40H42ClN5O3S/c1-28(46(25-30-8-9-30)26-31-16-22-50-27-31)35-6-2-3-7-38(35)44-18-20-45(21-19-44)39(47)37(23-29-10-12-33(41)13-11-29)43-40(48)49-34-14-15-36-32(24-34)5-4-17-42-36/h2-7,10-17,22,24,27-28,30,37H,8-9,18-21,23,25-26H2,1H3,(H,43,48). The minimum atomic E-state index is -0.808. The van der Waals surface area contributed by atoms with Crippen molar-refractivity contribution < 1.29 is 14.3 Å². The lowest BCUT2D eigenvalue weighted by molar-refractivity contribution is -0.133. The van der Waals surface area contributed by atoms with Crippen LogP contribution in [0.15, 0.2) is 102 Å². The molecule has 3 aromatic carbocycles. The largest absolute Gasteiger partial charge is 0.413 e. The molecule has 2 aliphatic rings. The van der Waals surface area contributed by atoms with Gasteiger partial charge in [-0.05, 0) is 102 Å². The highest BCUT2D eigenvalue weighted by Crippen LogP contribution is 2.37. The van der Waals surface area contributed by atoms with Crippen LogP contribution in [0.25, 0.3) is 10.9 Å². The van der Waals surface area contributed by atoms with Crippen LogP contribution >= 0.6 is 22.9 Å². The molecule has 8 nitrogen and oxygen atoms in total. The average Bonchev–Trinajstić information content (AvgIpc) is 3.82. The number of halogens is 1. The van der Waals surface area contributed by atoms with Gasteiger partial charge in [-0.15, -0.1) is 0 Å². The fourth-order valence-electron chi connectivity index (χ4n) is 6.77. The Morgan fingerprint density at radius 1 is 0.980 bits per heavy atom. The number of rotatable bonds is 12. The van der Waals surface area contributed by atoms with Crippen molar-refractivity contribution in [1.29, 1.82) is 0 Å². The summed E-state index contributed by atoms with van der Waals surface area (Å²) in [6, 6.07) is 26.8. The van der Waals surface area contributed by atoms with E-state index in [2.05, 4.69) is 68.1 Å². The van der Waals surface area contributed by atoms with E-state index in [-0.39, 0.29) is 11.9 Å². The molecule has 0 spiro atoms. The second-order valence-electron chi connectivity index (χ2n) is 13.3. The van der Waals surface area contributed by atoms with Crippen LogP contribution in [0, 0.1) is 5.92 Å². The number of piperazine rings is 1. The zero-order valence-electron chi connectivity index (χ0n) is 28.2. The molecule has 1 aliphatic carbocycles. The van der Waals surface area contributed by atoms with Gasteiger partial charge < -0.3 is 19.9 Å². The molecule has 1 saturated heterocycles. The summed E-state index contributed by atoms with van der Waals surface area (Å²) in [5, 5.41) is 8.76. The molecule has 1 saturated carbocycles. The first-order chi connectivity index (χ1) is 24.4. The lowest BCUT2D eigenvalue weighted by atomic mass is 10.0. The number of nitrogens with one attached hydrogen (secondary N) is 1. The van der Waals surface area contributed by atoms with Gasteiger partial charge in [-0.25, -0.2) is 4.79 Å². The van der Waals surface area contributed by atoms with Crippen molar-refractivity contribution >= 4 is 51.5 Å². The Hall–Kier alpha value is -4.44. The molecular formula is C40H42ClN5O3S. The van der Waals surface area contributed by atoms with Gasteiger partial charge in [0.2, 0.25) is 5.91 Å². The first kappa shape index (κ1) is 34.0. The molecule has 0 radical (unpaired) electrons. The van der Waals surface area contributed by atoms with E-state index in [0.29, 0.717) is 43.4 Å². The maximum atomic E-state index is 14.1. The Bertz CT molecular complexity index is 1910. The summed E-state index contributed by atoms with van der Waals surface area (Å²) in [4.78, 5) is 38.5. The molecule has 7 rings (SSSR count). The maximum absolute atomic E-state index is 14.1. The predicted octanol–water partition coefficient (Wildman–Crippen LogP) is 7.97. The van der Waals surface area contributed by atoms with E-state index < -0.39 is 12.1 Å². The number of ether oxygens (including phenoxy) is 1. The number of hydrogen-bond donors (Lipinski definition) is 1. The minimum Gasteiger partial charge on any atom is -0.410 e. The van der Waals surface area contributed by atoms with E-state index in [1.54, 1.807) is 47.9 Å². The number of amides is 2. The van der Waals surface area contributed by atoms with Gasteiger partial charge >= 0.3 is 6.09 Å². The second-order valence-corrected chi connectivity index (χ2v) is 14.5. The third-order valence-corrected chi connectivity index (χ3v) is 10.7. The first-order valence-electron chi connectivity index (χ1n) is 17.3. The highest BCUT2D eigenvalue weighted by Gasteiger charge is 2.32. The van der Waals surface area contributed by atoms with Gasteiger partial charge in [0.1, 0.15) is 11.8 Å². The van der Waals surface area contributed by atoms with Crippen molar-refractivity contribution in [1.82, 2.24) is 20.1 Å². The van der Waals surface area contributed by atoms with Crippen molar-refractivity contribution in [2.24, 2.45) is 5.92 Å². The Morgan fingerprint density at radius 2 is 1.78 bits per heavy atom. The highest BCUT2D eigenvalue weighted by atomic mass is 35.5.